The molecule has 0 atom stereocenters. The quantitative estimate of drug-likeness (QED) is 0.867. The number of amides is 1. The van der Waals surface area contributed by atoms with Gasteiger partial charge in [-0.2, -0.15) is 0 Å². The van der Waals surface area contributed by atoms with Gasteiger partial charge in [0.25, 0.3) is 5.91 Å². The van der Waals surface area contributed by atoms with E-state index in [1.54, 1.807) is 12.3 Å². The molecule has 0 radical (unpaired) electrons. The van der Waals surface area contributed by atoms with Crippen LogP contribution in [-0.4, -0.2) is 30.0 Å². The van der Waals surface area contributed by atoms with E-state index in [0.29, 0.717) is 23.7 Å². The molecule has 1 aromatic heterocycles. The van der Waals surface area contributed by atoms with Crippen LogP contribution in [0.4, 0.5) is 5.82 Å². The second-order valence-electron chi connectivity index (χ2n) is 6.48. The number of carbonyl (C=O) groups is 2. The van der Waals surface area contributed by atoms with Gasteiger partial charge in [0.05, 0.1) is 18.2 Å². The number of fused-ring (bicyclic) bond motifs is 1. The zero-order valence-electron chi connectivity index (χ0n) is 14.0. The molecule has 0 spiro atoms. The molecular formula is C19H19N3O3. The highest BCUT2D eigenvalue weighted by Crippen LogP contribution is 2.28. The zero-order chi connectivity index (χ0) is 17.4. The van der Waals surface area contributed by atoms with Crippen molar-refractivity contribution in [2.75, 3.05) is 12.0 Å². The largest absolute Gasteiger partial charge is 0.465 e. The van der Waals surface area contributed by atoms with Gasteiger partial charge < -0.3 is 15.0 Å². The van der Waals surface area contributed by atoms with Crippen LogP contribution in [0.2, 0.25) is 0 Å². The fourth-order valence-corrected chi connectivity index (χ4v) is 3.01. The Kier molecular flexibility index (Phi) is 3.87. The molecule has 1 saturated carbocycles. The summed E-state index contributed by atoms with van der Waals surface area (Å²) in [6, 6.07) is 9.63. The van der Waals surface area contributed by atoms with E-state index in [2.05, 4.69) is 15.2 Å². The van der Waals surface area contributed by atoms with Gasteiger partial charge in [-0.3, -0.25) is 4.79 Å². The van der Waals surface area contributed by atoms with E-state index in [-0.39, 0.29) is 11.9 Å². The lowest BCUT2D eigenvalue weighted by atomic mass is 10.1. The topological polar surface area (TPSA) is 71.5 Å². The molecule has 25 heavy (non-hydrogen) atoms. The van der Waals surface area contributed by atoms with Crippen LogP contribution in [0.3, 0.4) is 0 Å². The maximum atomic E-state index is 12.0. The predicted octanol–water partition coefficient (Wildman–Crippen LogP) is 2.28. The van der Waals surface area contributed by atoms with Crippen LogP contribution in [-0.2, 0) is 17.8 Å². The number of rotatable bonds is 4. The average Bonchev–Trinajstić information content (AvgIpc) is 3.35. The summed E-state index contributed by atoms with van der Waals surface area (Å²) in [6.07, 6.45) is 3.75. The maximum Gasteiger partial charge on any atom is 0.337 e. The number of methoxy groups -OCH3 is 1. The van der Waals surface area contributed by atoms with Gasteiger partial charge in [-0.1, -0.05) is 6.07 Å². The van der Waals surface area contributed by atoms with E-state index in [1.807, 2.05) is 24.3 Å². The monoisotopic (exact) mass is 337 g/mol. The molecule has 2 aromatic rings. The fraction of sp³-hybridized carbons (Fsp3) is 0.316. The molecule has 0 saturated heterocycles. The molecule has 1 amide bonds. The van der Waals surface area contributed by atoms with Gasteiger partial charge in [0, 0.05) is 25.3 Å². The van der Waals surface area contributed by atoms with E-state index in [0.717, 1.165) is 30.8 Å². The third kappa shape index (κ3) is 3.20. The molecule has 1 aliphatic heterocycles. The van der Waals surface area contributed by atoms with Gasteiger partial charge in [-0.05, 0) is 48.2 Å². The minimum Gasteiger partial charge on any atom is -0.465 e. The van der Waals surface area contributed by atoms with E-state index >= 15 is 0 Å². The van der Waals surface area contributed by atoms with Crippen molar-refractivity contribution in [2.24, 2.45) is 0 Å². The van der Waals surface area contributed by atoms with Crippen molar-refractivity contribution in [2.45, 2.75) is 32.0 Å². The minimum atomic E-state index is -0.328. The predicted molar refractivity (Wildman–Crippen MR) is 92.4 cm³/mol. The molecule has 2 aliphatic rings. The van der Waals surface area contributed by atoms with Crippen molar-refractivity contribution in [1.29, 1.82) is 0 Å². The van der Waals surface area contributed by atoms with Crippen LogP contribution in [0.1, 0.15) is 44.7 Å². The minimum absolute atomic E-state index is 0.0611. The Morgan fingerprint density at radius 2 is 1.88 bits per heavy atom. The van der Waals surface area contributed by atoms with Gasteiger partial charge in [-0.15, -0.1) is 0 Å². The van der Waals surface area contributed by atoms with Crippen molar-refractivity contribution >= 4 is 17.7 Å². The number of carbonyl (C=O) groups excluding carboxylic acids is 2. The van der Waals surface area contributed by atoms with Crippen molar-refractivity contribution in [3.63, 3.8) is 0 Å². The number of nitrogens with zero attached hydrogens (tertiary/aromatic N) is 2. The Morgan fingerprint density at radius 1 is 1.12 bits per heavy atom. The molecule has 1 aromatic carbocycles. The summed E-state index contributed by atoms with van der Waals surface area (Å²) in [5.74, 6) is 0.429. The first-order valence-electron chi connectivity index (χ1n) is 8.36. The summed E-state index contributed by atoms with van der Waals surface area (Å²) in [7, 11) is 1.38. The number of pyridine rings is 1. The smallest absolute Gasteiger partial charge is 0.337 e. The lowest BCUT2D eigenvalue weighted by Crippen LogP contribution is -2.25. The lowest BCUT2D eigenvalue weighted by Gasteiger charge is -2.16. The lowest BCUT2D eigenvalue weighted by molar-refractivity contribution is 0.0600. The highest BCUT2D eigenvalue weighted by molar-refractivity contribution is 5.94. The summed E-state index contributed by atoms with van der Waals surface area (Å²) < 4.78 is 4.77. The first-order valence-corrected chi connectivity index (χ1v) is 8.36. The number of anilines is 1. The summed E-state index contributed by atoms with van der Waals surface area (Å²) in [6.45, 7) is 1.41. The number of benzene rings is 1. The summed E-state index contributed by atoms with van der Waals surface area (Å²) >= 11 is 0. The standard InChI is InChI=1S/C19H19N3O3/c1-25-19(24)12-2-3-14-10-22(11-15(14)8-12)17-7-4-13(9-20-17)18(23)21-16-5-6-16/h2-4,7-9,16H,5-6,10-11H2,1H3,(H,21,23). The van der Waals surface area contributed by atoms with Crippen molar-refractivity contribution in [1.82, 2.24) is 10.3 Å². The average molecular weight is 337 g/mol. The molecule has 0 bridgehead atoms. The molecule has 1 fully saturated rings. The molecule has 6 heteroatoms. The normalized spacial score (nSPS) is 15.6. The van der Waals surface area contributed by atoms with Crippen molar-refractivity contribution in [3.8, 4) is 0 Å². The Bertz CT molecular complexity index is 828. The van der Waals surface area contributed by atoms with Gasteiger partial charge in [0.2, 0.25) is 0 Å². The molecule has 0 unspecified atom stereocenters. The number of nitrogens with one attached hydrogen (secondary N) is 1. The number of aromatic nitrogens is 1. The Hall–Kier alpha value is -2.89. The van der Waals surface area contributed by atoms with E-state index < -0.39 is 0 Å². The van der Waals surface area contributed by atoms with Gasteiger partial charge >= 0.3 is 5.97 Å². The first kappa shape index (κ1) is 15.6. The third-order valence-corrected chi connectivity index (χ3v) is 4.60. The summed E-state index contributed by atoms with van der Waals surface area (Å²) in [5, 5.41) is 2.96. The van der Waals surface area contributed by atoms with Gasteiger partial charge in [-0.25, -0.2) is 9.78 Å². The SMILES string of the molecule is COC(=O)c1ccc2c(c1)CN(c1ccc(C(=O)NC3CC3)cn1)C2. The molecular weight excluding hydrogens is 318 g/mol. The molecule has 128 valence electrons. The highest BCUT2D eigenvalue weighted by atomic mass is 16.5. The highest BCUT2D eigenvalue weighted by Gasteiger charge is 2.25. The second kappa shape index (κ2) is 6.20. The first-order chi connectivity index (χ1) is 12.1. The van der Waals surface area contributed by atoms with Crippen LogP contribution in [0.15, 0.2) is 36.5 Å². The van der Waals surface area contributed by atoms with Crippen LogP contribution in [0.25, 0.3) is 0 Å². The Balaban J connectivity index is 1.47. The molecule has 4 rings (SSSR count). The molecule has 6 nitrogen and oxygen atoms in total. The Morgan fingerprint density at radius 3 is 2.56 bits per heavy atom. The van der Waals surface area contributed by atoms with E-state index in [4.69, 9.17) is 4.74 Å². The van der Waals surface area contributed by atoms with Crippen LogP contribution < -0.4 is 10.2 Å². The van der Waals surface area contributed by atoms with Crippen LogP contribution >= 0.6 is 0 Å². The number of ether oxygens (including phenoxy) is 1. The van der Waals surface area contributed by atoms with Crippen molar-refractivity contribution < 1.29 is 14.3 Å². The number of hydrogen-bond acceptors (Lipinski definition) is 5. The van der Waals surface area contributed by atoms with Crippen LogP contribution in [0, 0.1) is 0 Å². The summed E-state index contributed by atoms with van der Waals surface area (Å²) in [5.41, 5.74) is 3.41. The molecule has 1 N–H and O–H groups in total. The third-order valence-electron chi connectivity index (χ3n) is 4.60. The van der Waals surface area contributed by atoms with E-state index in [9.17, 15) is 9.59 Å². The number of esters is 1. The van der Waals surface area contributed by atoms with E-state index in [1.165, 1.54) is 12.7 Å². The van der Waals surface area contributed by atoms with Crippen molar-refractivity contribution in [3.05, 3.63) is 58.8 Å². The van der Waals surface area contributed by atoms with Gasteiger partial charge in [0.1, 0.15) is 5.82 Å². The Labute approximate surface area is 145 Å². The number of hydrogen-bond donors (Lipinski definition) is 1. The zero-order valence-corrected chi connectivity index (χ0v) is 14.0. The summed E-state index contributed by atoms with van der Waals surface area (Å²) in [4.78, 5) is 30.2. The second-order valence-corrected chi connectivity index (χ2v) is 6.48. The molecule has 1 aliphatic carbocycles. The fourth-order valence-electron chi connectivity index (χ4n) is 3.01. The van der Waals surface area contributed by atoms with Gasteiger partial charge in [0.15, 0.2) is 0 Å². The maximum absolute atomic E-state index is 12.0. The molecule has 2 heterocycles. The van der Waals surface area contributed by atoms with Crippen LogP contribution in [0.5, 0.6) is 0 Å².